The first-order chi connectivity index (χ1) is 14.9. The fourth-order valence-corrected chi connectivity index (χ4v) is 5.10. The van der Waals surface area contributed by atoms with E-state index in [2.05, 4.69) is 17.0 Å². The van der Waals surface area contributed by atoms with Gasteiger partial charge in [-0.05, 0) is 36.6 Å². The Balaban J connectivity index is 1.75. The molecule has 2 unspecified atom stereocenters. The molecule has 0 aromatic heterocycles. The molecule has 1 fully saturated rings. The van der Waals surface area contributed by atoms with Gasteiger partial charge in [0, 0.05) is 31.2 Å². The standard InChI is InChI=1S/C24H26FN3O3/c1-2-17-15-27(14-16-7-4-3-5-8-16)12-11-24(17)21(26)20(23(30)31)22(29)28(24)19-10-6-9-18(25)13-19/h3-10,13,17H,2,11-12,14-15,26H2,1H3,(H,30,31). The molecule has 2 heterocycles. The highest BCUT2D eigenvalue weighted by Crippen LogP contribution is 2.48. The minimum atomic E-state index is -1.35. The molecular formula is C24H26FN3O3. The van der Waals surface area contributed by atoms with E-state index in [9.17, 15) is 19.1 Å². The number of anilines is 1. The van der Waals surface area contributed by atoms with Crippen molar-refractivity contribution in [2.75, 3.05) is 18.0 Å². The van der Waals surface area contributed by atoms with Crippen LogP contribution in [0.2, 0.25) is 0 Å². The number of halogens is 1. The van der Waals surface area contributed by atoms with Crippen LogP contribution in [-0.4, -0.2) is 40.5 Å². The van der Waals surface area contributed by atoms with Crippen LogP contribution in [-0.2, 0) is 16.1 Å². The number of likely N-dealkylation sites (tertiary alicyclic amines) is 1. The van der Waals surface area contributed by atoms with Crippen LogP contribution in [0.25, 0.3) is 0 Å². The van der Waals surface area contributed by atoms with Crippen molar-refractivity contribution in [1.82, 2.24) is 4.90 Å². The van der Waals surface area contributed by atoms with Crippen molar-refractivity contribution in [3.63, 3.8) is 0 Å². The number of carboxylic acid groups (broad SMARTS) is 1. The molecule has 6 nitrogen and oxygen atoms in total. The van der Waals surface area contributed by atoms with Crippen LogP contribution in [0, 0.1) is 11.7 Å². The van der Waals surface area contributed by atoms with E-state index in [0.29, 0.717) is 31.6 Å². The Morgan fingerprint density at radius 1 is 1.23 bits per heavy atom. The normalized spacial score (nSPS) is 24.3. The predicted molar refractivity (Wildman–Crippen MR) is 116 cm³/mol. The number of carbonyl (C=O) groups is 2. The lowest BCUT2D eigenvalue weighted by molar-refractivity contribution is -0.134. The number of carboxylic acids is 1. The quantitative estimate of drug-likeness (QED) is 0.722. The summed E-state index contributed by atoms with van der Waals surface area (Å²) in [5.74, 6) is -2.61. The topological polar surface area (TPSA) is 86.9 Å². The van der Waals surface area contributed by atoms with Gasteiger partial charge in [-0.3, -0.25) is 14.6 Å². The van der Waals surface area contributed by atoms with Gasteiger partial charge in [0.25, 0.3) is 5.91 Å². The molecule has 3 N–H and O–H groups in total. The molecule has 1 spiro atoms. The van der Waals surface area contributed by atoms with Crippen LogP contribution >= 0.6 is 0 Å². The molecule has 31 heavy (non-hydrogen) atoms. The molecule has 1 saturated heterocycles. The molecule has 2 aromatic carbocycles. The zero-order chi connectivity index (χ0) is 22.2. The average molecular weight is 423 g/mol. The summed E-state index contributed by atoms with van der Waals surface area (Å²) >= 11 is 0. The van der Waals surface area contributed by atoms with Crippen molar-refractivity contribution >= 4 is 17.6 Å². The second-order valence-electron chi connectivity index (χ2n) is 8.21. The smallest absolute Gasteiger partial charge is 0.343 e. The lowest BCUT2D eigenvalue weighted by Gasteiger charge is -2.51. The lowest BCUT2D eigenvalue weighted by atomic mass is 9.73. The van der Waals surface area contributed by atoms with Gasteiger partial charge in [0.1, 0.15) is 11.4 Å². The van der Waals surface area contributed by atoms with Crippen LogP contribution in [0.4, 0.5) is 10.1 Å². The van der Waals surface area contributed by atoms with Crippen molar-refractivity contribution in [2.24, 2.45) is 11.7 Å². The van der Waals surface area contributed by atoms with E-state index < -0.39 is 28.8 Å². The van der Waals surface area contributed by atoms with Gasteiger partial charge in [0.15, 0.2) is 0 Å². The number of hydrogen-bond acceptors (Lipinski definition) is 4. The summed E-state index contributed by atoms with van der Waals surface area (Å²) in [6.45, 7) is 4.06. The summed E-state index contributed by atoms with van der Waals surface area (Å²) in [6.07, 6.45) is 1.17. The van der Waals surface area contributed by atoms with E-state index in [1.54, 1.807) is 6.07 Å². The van der Waals surface area contributed by atoms with Crippen LogP contribution in [0.1, 0.15) is 25.3 Å². The first-order valence-corrected chi connectivity index (χ1v) is 10.5. The van der Waals surface area contributed by atoms with Crippen molar-refractivity contribution in [2.45, 2.75) is 31.8 Å². The van der Waals surface area contributed by atoms with Crippen molar-refractivity contribution in [1.29, 1.82) is 0 Å². The number of nitrogens with zero attached hydrogens (tertiary/aromatic N) is 2. The van der Waals surface area contributed by atoms with Gasteiger partial charge < -0.3 is 10.8 Å². The average Bonchev–Trinajstić information content (AvgIpc) is 2.97. The number of carbonyl (C=O) groups excluding carboxylic acids is 1. The number of piperidine rings is 1. The van der Waals surface area contributed by atoms with E-state index in [4.69, 9.17) is 5.73 Å². The summed E-state index contributed by atoms with van der Waals surface area (Å²) in [5, 5.41) is 9.72. The lowest BCUT2D eigenvalue weighted by Crippen LogP contribution is -2.62. The van der Waals surface area contributed by atoms with Gasteiger partial charge in [0.05, 0.1) is 11.2 Å². The number of aliphatic carboxylic acids is 1. The summed E-state index contributed by atoms with van der Waals surface area (Å²) in [5.41, 5.74) is 6.65. The van der Waals surface area contributed by atoms with Crippen molar-refractivity contribution < 1.29 is 19.1 Å². The van der Waals surface area contributed by atoms with Gasteiger partial charge in [-0.25, -0.2) is 9.18 Å². The summed E-state index contributed by atoms with van der Waals surface area (Å²) in [7, 11) is 0. The van der Waals surface area contributed by atoms with Gasteiger partial charge >= 0.3 is 5.97 Å². The second kappa shape index (κ2) is 8.15. The molecule has 0 saturated carbocycles. The Labute approximate surface area is 180 Å². The van der Waals surface area contributed by atoms with Gasteiger partial charge in [0.2, 0.25) is 0 Å². The molecule has 0 bridgehead atoms. The van der Waals surface area contributed by atoms with Crippen molar-refractivity contribution in [3.05, 3.63) is 77.2 Å². The maximum absolute atomic E-state index is 14.0. The molecule has 0 aliphatic carbocycles. The third kappa shape index (κ3) is 3.49. The SMILES string of the molecule is CCC1CN(Cc2ccccc2)CCC12C(N)=C(C(=O)O)C(=O)N2c1cccc(F)c1. The molecular weight excluding hydrogens is 397 g/mol. The molecule has 2 aromatic rings. The minimum Gasteiger partial charge on any atom is -0.477 e. The fourth-order valence-electron chi connectivity index (χ4n) is 5.10. The molecule has 162 valence electrons. The van der Waals surface area contributed by atoms with Crippen LogP contribution in [0.15, 0.2) is 65.9 Å². The largest absolute Gasteiger partial charge is 0.477 e. The Morgan fingerprint density at radius 3 is 2.61 bits per heavy atom. The monoisotopic (exact) mass is 423 g/mol. The number of amides is 1. The van der Waals surface area contributed by atoms with Gasteiger partial charge in [-0.2, -0.15) is 0 Å². The Bertz CT molecular complexity index is 1040. The van der Waals surface area contributed by atoms with E-state index >= 15 is 0 Å². The molecule has 4 rings (SSSR count). The fraction of sp³-hybridized carbons (Fsp3) is 0.333. The zero-order valence-electron chi connectivity index (χ0n) is 17.4. The highest BCUT2D eigenvalue weighted by molar-refractivity contribution is 6.25. The van der Waals surface area contributed by atoms with Gasteiger partial charge in [-0.1, -0.05) is 43.3 Å². The molecule has 2 aliphatic rings. The summed E-state index contributed by atoms with van der Waals surface area (Å²) < 4.78 is 14.0. The molecule has 0 radical (unpaired) electrons. The van der Waals surface area contributed by atoms with E-state index in [1.165, 1.54) is 28.7 Å². The van der Waals surface area contributed by atoms with Crippen LogP contribution < -0.4 is 10.6 Å². The zero-order valence-corrected chi connectivity index (χ0v) is 17.4. The van der Waals surface area contributed by atoms with Crippen LogP contribution in [0.5, 0.6) is 0 Å². The maximum Gasteiger partial charge on any atom is 0.343 e. The summed E-state index contributed by atoms with van der Waals surface area (Å²) in [6, 6.07) is 15.8. The predicted octanol–water partition coefficient (Wildman–Crippen LogP) is 3.14. The third-order valence-electron chi connectivity index (χ3n) is 6.54. The summed E-state index contributed by atoms with van der Waals surface area (Å²) in [4.78, 5) is 28.9. The second-order valence-corrected chi connectivity index (χ2v) is 8.21. The van der Waals surface area contributed by atoms with Crippen molar-refractivity contribution in [3.8, 4) is 0 Å². The highest BCUT2D eigenvalue weighted by Gasteiger charge is 2.58. The minimum absolute atomic E-state index is 0.0838. The number of nitrogens with two attached hydrogens (primary N) is 1. The Kier molecular flexibility index (Phi) is 5.54. The van der Waals surface area contributed by atoms with E-state index in [-0.39, 0.29) is 11.6 Å². The Hall–Kier alpha value is -3.19. The van der Waals surface area contributed by atoms with E-state index in [0.717, 1.165) is 6.54 Å². The number of benzene rings is 2. The van der Waals surface area contributed by atoms with Gasteiger partial charge in [-0.15, -0.1) is 0 Å². The molecule has 7 heteroatoms. The molecule has 1 amide bonds. The first-order valence-electron chi connectivity index (χ1n) is 10.5. The number of rotatable bonds is 5. The van der Waals surface area contributed by atoms with Crippen LogP contribution in [0.3, 0.4) is 0 Å². The highest BCUT2D eigenvalue weighted by atomic mass is 19.1. The molecule has 2 aliphatic heterocycles. The first kappa shape index (κ1) is 21.1. The number of hydrogen-bond donors (Lipinski definition) is 2. The van der Waals surface area contributed by atoms with E-state index in [1.807, 2.05) is 25.1 Å². The maximum atomic E-state index is 14.0. The Morgan fingerprint density at radius 2 is 1.97 bits per heavy atom. The third-order valence-corrected chi connectivity index (χ3v) is 6.54. The molecule has 2 atom stereocenters.